The molecule has 25 heavy (non-hydrogen) atoms. The van der Waals surface area contributed by atoms with Crippen LogP contribution in [0.2, 0.25) is 0 Å². The summed E-state index contributed by atoms with van der Waals surface area (Å²) in [4.78, 5) is 11.9. The Morgan fingerprint density at radius 3 is 2.64 bits per heavy atom. The number of aryl methyl sites for hydroxylation is 2. The lowest BCUT2D eigenvalue weighted by Gasteiger charge is -2.05. The van der Waals surface area contributed by atoms with E-state index in [4.69, 9.17) is 4.74 Å². The maximum atomic E-state index is 11.9. The van der Waals surface area contributed by atoms with Crippen molar-refractivity contribution in [2.24, 2.45) is 12.1 Å². The van der Waals surface area contributed by atoms with E-state index in [2.05, 4.69) is 21.2 Å². The summed E-state index contributed by atoms with van der Waals surface area (Å²) in [5.41, 5.74) is 6.88. The average molecular weight is 335 g/mol. The van der Waals surface area contributed by atoms with Gasteiger partial charge in [0.2, 0.25) is 0 Å². The van der Waals surface area contributed by atoms with E-state index >= 15 is 0 Å². The van der Waals surface area contributed by atoms with Gasteiger partial charge in [-0.2, -0.15) is 5.10 Å². The van der Waals surface area contributed by atoms with Gasteiger partial charge in [-0.1, -0.05) is 35.9 Å². The van der Waals surface area contributed by atoms with Gasteiger partial charge in [0.05, 0.1) is 6.21 Å². The number of hydrogen-bond acceptors (Lipinski definition) is 3. The van der Waals surface area contributed by atoms with E-state index < -0.39 is 0 Å². The molecule has 1 amide bonds. The first-order valence-electron chi connectivity index (χ1n) is 8.11. The highest BCUT2D eigenvalue weighted by molar-refractivity contribution is 6.01. The van der Waals surface area contributed by atoms with Gasteiger partial charge in [-0.15, -0.1) is 0 Å². The van der Waals surface area contributed by atoms with E-state index in [0.717, 1.165) is 27.7 Å². The quantitative estimate of drug-likeness (QED) is 0.574. The highest BCUT2D eigenvalue weighted by Gasteiger charge is 2.09. The Balaban J connectivity index is 1.62. The van der Waals surface area contributed by atoms with Gasteiger partial charge >= 0.3 is 0 Å². The summed E-state index contributed by atoms with van der Waals surface area (Å²) < 4.78 is 7.54. The minimum absolute atomic E-state index is 0.0745. The van der Waals surface area contributed by atoms with E-state index in [9.17, 15) is 4.79 Å². The zero-order valence-corrected chi connectivity index (χ0v) is 14.6. The molecule has 0 bridgehead atoms. The second-order valence-electron chi connectivity index (χ2n) is 5.97. The summed E-state index contributed by atoms with van der Waals surface area (Å²) in [6.45, 7) is 3.96. The van der Waals surface area contributed by atoms with Crippen LogP contribution in [0.1, 0.15) is 16.8 Å². The first-order valence-corrected chi connectivity index (χ1v) is 8.11. The molecule has 3 rings (SSSR count). The molecule has 5 heteroatoms. The smallest absolute Gasteiger partial charge is 0.277 e. The number of hydrazone groups is 1. The van der Waals surface area contributed by atoms with Crippen molar-refractivity contribution in [3.63, 3.8) is 0 Å². The molecule has 1 heterocycles. The van der Waals surface area contributed by atoms with Gasteiger partial charge in [0.15, 0.2) is 6.61 Å². The fourth-order valence-electron chi connectivity index (χ4n) is 2.70. The van der Waals surface area contributed by atoms with E-state index in [1.54, 1.807) is 6.21 Å². The number of amides is 1. The van der Waals surface area contributed by atoms with Crippen LogP contribution in [0.4, 0.5) is 0 Å². The molecule has 1 N–H and O–H groups in total. The maximum absolute atomic E-state index is 11.9. The van der Waals surface area contributed by atoms with Crippen molar-refractivity contribution in [3.05, 3.63) is 65.4 Å². The van der Waals surface area contributed by atoms with Gasteiger partial charge in [-0.25, -0.2) is 5.43 Å². The zero-order valence-electron chi connectivity index (χ0n) is 14.6. The summed E-state index contributed by atoms with van der Waals surface area (Å²) in [5.74, 6) is 0.365. The van der Waals surface area contributed by atoms with Crippen LogP contribution in [0, 0.1) is 13.8 Å². The molecule has 0 aliphatic rings. The van der Waals surface area contributed by atoms with Crippen LogP contribution in [0.25, 0.3) is 10.9 Å². The number of hydrogen-bond donors (Lipinski definition) is 1. The highest BCUT2D eigenvalue weighted by Crippen LogP contribution is 2.22. The van der Waals surface area contributed by atoms with Gasteiger partial charge in [-0.3, -0.25) is 4.79 Å². The van der Waals surface area contributed by atoms with Crippen molar-refractivity contribution in [3.8, 4) is 5.75 Å². The lowest BCUT2D eigenvalue weighted by molar-refractivity contribution is -0.123. The minimum Gasteiger partial charge on any atom is -0.484 e. The summed E-state index contributed by atoms with van der Waals surface area (Å²) in [6, 6.07) is 15.7. The van der Waals surface area contributed by atoms with E-state index in [1.165, 1.54) is 0 Å². The highest BCUT2D eigenvalue weighted by atomic mass is 16.5. The Bertz CT molecular complexity index is 924. The fraction of sp³-hybridized carbons (Fsp3) is 0.200. The Morgan fingerprint density at radius 2 is 1.88 bits per heavy atom. The molecule has 0 saturated heterocycles. The number of rotatable bonds is 5. The molecule has 2 aromatic carbocycles. The number of nitrogens with zero attached hydrogens (tertiary/aromatic N) is 2. The van der Waals surface area contributed by atoms with E-state index in [1.807, 2.05) is 63.4 Å². The van der Waals surface area contributed by atoms with Gasteiger partial charge in [0.1, 0.15) is 5.75 Å². The summed E-state index contributed by atoms with van der Waals surface area (Å²) >= 11 is 0. The van der Waals surface area contributed by atoms with Crippen LogP contribution in [0.3, 0.4) is 0 Å². The van der Waals surface area contributed by atoms with Crippen molar-refractivity contribution >= 4 is 23.0 Å². The number of nitrogens with one attached hydrogen (secondary N) is 1. The Labute approximate surface area is 146 Å². The molecule has 0 atom stereocenters. The second kappa shape index (κ2) is 7.21. The largest absolute Gasteiger partial charge is 0.484 e. The predicted molar refractivity (Wildman–Crippen MR) is 100 cm³/mol. The van der Waals surface area contributed by atoms with E-state index in [0.29, 0.717) is 5.75 Å². The molecule has 0 aliphatic heterocycles. The molecule has 0 saturated carbocycles. The Kier molecular flexibility index (Phi) is 4.84. The van der Waals surface area contributed by atoms with Gasteiger partial charge in [0.25, 0.3) is 5.91 Å². The monoisotopic (exact) mass is 335 g/mol. The number of benzene rings is 2. The minimum atomic E-state index is -0.297. The van der Waals surface area contributed by atoms with Crippen molar-refractivity contribution in [1.29, 1.82) is 0 Å². The van der Waals surface area contributed by atoms with Crippen LogP contribution in [0.5, 0.6) is 5.75 Å². The topological polar surface area (TPSA) is 55.6 Å². The molecule has 0 radical (unpaired) electrons. The average Bonchev–Trinajstić information content (AvgIpc) is 2.86. The molecule has 0 unspecified atom stereocenters. The normalized spacial score (nSPS) is 11.2. The van der Waals surface area contributed by atoms with Crippen molar-refractivity contribution in [1.82, 2.24) is 9.99 Å². The predicted octanol–water partition coefficient (Wildman–Crippen LogP) is 3.32. The first-order chi connectivity index (χ1) is 12.1. The lowest BCUT2D eigenvalue weighted by Crippen LogP contribution is -2.24. The Morgan fingerprint density at radius 1 is 1.16 bits per heavy atom. The van der Waals surface area contributed by atoms with Gasteiger partial charge in [0, 0.05) is 29.2 Å². The summed E-state index contributed by atoms with van der Waals surface area (Å²) in [5, 5.41) is 5.18. The molecular formula is C20H21N3O2. The van der Waals surface area contributed by atoms with Crippen LogP contribution < -0.4 is 10.2 Å². The standard InChI is InChI=1S/C20H21N3O2/c1-14-8-10-16(11-9-14)25-13-20(24)22-21-12-18-15(2)23(3)19-7-5-4-6-17(18)19/h4-12H,13H2,1-3H3,(H,22,24)/b21-12-. The summed E-state index contributed by atoms with van der Waals surface area (Å²) in [6.07, 6.45) is 1.68. The number of carbonyl (C=O) groups is 1. The van der Waals surface area contributed by atoms with Crippen LogP contribution in [0.15, 0.2) is 53.6 Å². The molecule has 128 valence electrons. The van der Waals surface area contributed by atoms with Crippen molar-refractivity contribution < 1.29 is 9.53 Å². The first kappa shape index (κ1) is 16.8. The summed E-state index contributed by atoms with van der Waals surface area (Å²) in [7, 11) is 2.02. The SMILES string of the molecule is Cc1ccc(OCC(=O)N/N=C\c2c(C)n(C)c3ccccc23)cc1. The molecule has 3 aromatic rings. The number of aromatic nitrogens is 1. The molecule has 0 spiro atoms. The van der Waals surface area contributed by atoms with Crippen LogP contribution >= 0.6 is 0 Å². The molecule has 1 aromatic heterocycles. The number of para-hydroxylation sites is 1. The van der Waals surface area contributed by atoms with E-state index in [-0.39, 0.29) is 12.5 Å². The third-order valence-corrected chi connectivity index (χ3v) is 4.22. The third kappa shape index (κ3) is 3.71. The fourth-order valence-corrected chi connectivity index (χ4v) is 2.70. The van der Waals surface area contributed by atoms with Gasteiger partial charge in [-0.05, 0) is 32.0 Å². The molecule has 5 nitrogen and oxygen atoms in total. The van der Waals surface area contributed by atoms with Crippen LogP contribution in [-0.4, -0.2) is 23.3 Å². The zero-order chi connectivity index (χ0) is 17.8. The molecular weight excluding hydrogens is 314 g/mol. The van der Waals surface area contributed by atoms with Crippen LogP contribution in [-0.2, 0) is 11.8 Å². The number of fused-ring (bicyclic) bond motifs is 1. The number of ether oxygens (including phenoxy) is 1. The Hall–Kier alpha value is -3.08. The number of carbonyl (C=O) groups excluding carboxylic acids is 1. The molecule has 0 aliphatic carbocycles. The maximum Gasteiger partial charge on any atom is 0.277 e. The van der Waals surface area contributed by atoms with Crippen molar-refractivity contribution in [2.75, 3.05) is 6.61 Å². The lowest BCUT2D eigenvalue weighted by atomic mass is 10.1. The second-order valence-corrected chi connectivity index (χ2v) is 5.97. The third-order valence-electron chi connectivity index (χ3n) is 4.22. The molecule has 0 fully saturated rings. The van der Waals surface area contributed by atoms with Gasteiger partial charge < -0.3 is 9.30 Å². The van der Waals surface area contributed by atoms with Crippen molar-refractivity contribution in [2.45, 2.75) is 13.8 Å².